The second-order valence-electron chi connectivity index (χ2n) is 25.1. The highest BCUT2D eigenvalue weighted by atomic mass is 14.8. The van der Waals surface area contributed by atoms with Crippen molar-refractivity contribution in [2.75, 3.05) is 0 Å². The third kappa shape index (κ3) is 47.7. The summed E-state index contributed by atoms with van der Waals surface area (Å²) in [6.45, 7) is 9.16. The predicted molar refractivity (Wildman–Crippen MR) is 366 cm³/mol. The summed E-state index contributed by atoms with van der Waals surface area (Å²) in [6.07, 6.45) is 87.7. The lowest BCUT2D eigenvalue weighted by Gasteiger charge is -2.10. The Morgan fingerprint density at radius 2 is 0.512 bits per heavy atom. The molecular weight excluding hydrogens is 965 g/mol. The third-order valence-corrected chi connectivity index (χ3v) is 17.3. The van der Waals surface area contributed by atoms with E-state index in [0.29, 0.717) is 0 Å². The minimum Gasteiger partial charge on any atom is -0.252 e. The van der Waals surface area contributed by atoms with Gasteiger partial charge in [-0.3, -0.25) is 9.98 Å². The van der Waals surface area contributed by atoms with Crippen LogP contribution in [0.2, 0.25) is 0 Å². The Morgan fingerprint density at radius 3 is 0.775 bits per heavy atom. The average Bonchev–Trinajstić information content (AvgIpc) is 3.47. The SMILES string of the molecule is CCCCCCCCCCCCCCCCCCCCCCCCCCC=Cc1cccc(N=C(CC)C(CCCCCC)=Nc2cccc(C=CCCCCCCCCCCCCCCCCCCCCCCCCCC)c2)c1. The van der Waals surface area contributed by atoms with E-state index in [1.807, 2.05) is 0 Å². The summed E-state index contributed by atoms with van der Waals surface area (Å²) in [4.78, 5) is 10.6. The molecule has 2 heteroatoms. The number of unbranched alkanes of at least 4 members (excludes halogenated alkanes) is 51. The zero-order valence-corrected chi connectivity index (χ0v) is 54.4. The maximum absolute atomic E-state index is 5.33. The highest BCUT2D eigenvalue weighted by Crippen LogP contribution is 2.24. The first-order valence-electron chi connectivity index (χ1n) is 36.4. The van der Waals surface area contributed by atoms with Crippen LogP contribution in [0.15, 0.2) is 70.7 Å². The third-order valence-electron chi connectivity index (χ3n) is 17.3. The van der Waals surface area contributed by atoms with E-state index in [9.17, 15) is 0 Å². The molecule has 0 bridgehead atoms. The molecule has 0 saturated carbocycles. The van der Waals surface area contributed by atoms with E-state index in [1.165, 1.54) is 339 Å². The summed E-state index contributed by atoms with van der Waals surface area (Å²) < 4.78 is 0. The fourth-order valence-electron chi connectivity index (χ4n) is 11.9. The van der Waals surface area contributed by atoms with Crippen molar-refractivity contribution >= 4 is 35.0 Å². The van der Waals surface area contributed by atoms with Crippen molar-refractivity contribution < 1.29 is 0 Å². The van der Waals surface area contributed by atoms with Gasteiger partial charge in [-0.2, -0.15) is 0 Å². The molecule has 0 aliphatic rings. The Labute approximate surface area is 501 Å². The van der Waals surface area contributed by atoms with Crippen LogP contribution in [0, 0.1) is 0 Å². The molecule has 2 nitrogen and oxygen atoms in total. The molecule has 0 fully saturated rings. The van der Waals surface area contributed by atoms with Gasteiger partial charge in [0.25, 0.3) is 0 Å². The molecule has 0 saturated heterocycles. The van der Waals surface area contributed by atoms with Crippen LogP contribution >= 0.6 is 0 Å². The van der Waals surface area contributed by atoms with Gasteiger partial charge in [0.2, 0.25) is 0 Å². The van der Waals surface area contributed by atoms with Gasteiger partial charge in [-0.25, -0.2) is 0 Å². The van der Waals surface area contributed by atoms with Crippen LogP contribution in [0.25, 0.3) is 12.2 Å². The van der Waals surface area contributed by atoms with Crippen molar-refractivity contribution in [1.29, 1.82) is 0 Å². The number of aliphatic imine (C=N–C) groups is 2. The molecule has 0 radical (unpaired) electrons. The second kappa shape index (κ2) is 59.4. The lowest BCUT2D eigenvalue weighted by atomic mass is 10.0. The van der Waals surface area contributed by atoms with E-state index in [0.717, 1.165) is 54.9 Å². The van der Waals surface area contributed by atoms with Crippen LogP contribution < -0.4 is 0 Å². The number of hydrogen-bond donors (Lipinski definition) is 0. The minimum atomic E-state index is 0.880. The highest BCUT2D eigenvalue weighted by molar-refractivity contribution is 6.43. The number of nitrogens with zero attached hydrogens (tertiary/aromatic N) is 2. The molecular formula is C78H136N2. The second-order valence-corrected chi connectivity index (χ2v) is 25.1. The molecule has 80 heavy (non-hydrogen) atoms. The first-order chi connectivity index (χ1) is 39.7. The zero-order chi connectivity index (χ0) is 57.0. The molecule has 0 aliphatic carbocycles. The van der Waals surface area contributed by atoms with Crippen LogP contribution in [0.1, 0.15) is 398 Å². The van der Waals surface area contributed by atoms with E-state index in [-0.39, 0.29) is 0 Å². The van der Waals surface area contributed by atoms with E-state index in [4.69, 9.17) is 9.98 Å². The van der Waals surface area contributed by atoms with Crippen LogP contribution in [-0.2, 0) is 0 Å². The Bertz CT molecular complexity index is 1710. The van der Waals surface area contributed by atoms with Crippen molar-refractivity contribution in [2.45, 2.75) is 387 Å². The minimum absolute atomic E-state index is 0.880. The van der Waals surface area contributed by atoms with Gasteiger partial charge in [0.05, 0.1) is 22.8 Å². The number of hydrogen-bond acceptors (Lipinski definition) is 2. The monoisotopic (exact) mass is 1100 g/mol. The largest absolute Gasteiger partial charge is 0.252 e. The van der Waals surface area contributed by atoms with Gasteiger partial charge in [-0.1, -0.05) is 391 Å². The van der Waals surface area contributed by atoms with Crippen molar-refractivity contribution in [3.05, 3.63) is 71.8 Å². The average molecular weight is 1100 g/mol. The molecule has 0 amide bonds. The zero-order valence-electron chi connectivity index (χ0n) is 54.4. The number of allylic oxidation sites excluding steroid dienone is 2. The maximum Gasteiger partial charge on any atom is 0.0639 e. The van der Waals surface area contributed by atoms with E-state index < -0.39 is 0 Å². The fourth-order valence-corrected chi connectivity index (χ4v) is 11.9. The van der Waals surface area contributed by atoms with Gasteiger partial charge in [0, 0.05) is 0 Å². The summed E-state index contributed by atoms with van der Waals surface area (Å²) in [7, 11) is 0. The lowest BCUT2D eigenvalue weighted by molar-refractivity contribution is 0.517. The summed E-state index contributed by atoms with van der Waals surface area (Å²) >= 11 is 0. The quantitative estimate of drug-likeness (QED) is 0.0466. The predicted octanol–water partition coefficient (Wildman–Crippen LogP) is 28.5. The number of rotatable bonds is 61. The maximum atomic E-state index is 5.33. The smallest absolute Gasteiger partial charge is 0.0639 e. The fraction of sp³-hybridized carbons (Fsp3) is 0.769. The van der Waals surface area contributed by atoms with Crippen molar-refractivity contribution in [1.82, 2.24) is 0 Å². The van der Waals surface area contributed by atoms with Gasteiger partial charge in [-0.15, -0.1) is 0 Å². The lowest BCUT2D eigenvalue weighted by Crippen LogP contribution is -2.13. The first kappa shape index (κ1) is 73.4. The first-order valence-corrected chi connectivity index (χ1v) is 36.4. The van der Waals surface area contributed by atoms with Crippen molar-refractivity contribution in [2.24, 2.45) is 9.98 Å². The molecule has 2 aromatic carbocycles. The molecule has 0 N–H and O–H groups in total. The van der Waals surface area contributed by atoms with Crippen LogP contribution in [0.5, 0.6) is 0 Å². The molecule has 0 heterocycles. The van der Waals surface area contributed by atoms with Gasteiger partial charge >= 0.3 is 0 Å². The van der Waals surface area contributed by atoms with Gasteiger partial charge in [0.1, 0.15) is 0 Å². The van der Waals surface area contributed by atoms with E-state index in [1.54, 1.807) is 0 Å². The van der Waals surface area contributed by atoms with Crippen LogP contribution in [0.4, 0.5) is 11.4 Å². The summed E-state index contributed by atoms with van der Waals surface area (Å²) in [5, 5.41) is 0. The molecule has 0 unspecified atom stereocenters. The highest BCUT2D eigenvalue weighted by Gasteiger charge is 2.10. The van der Waals surface area contributed by atoms with Crippen LogP contribution in [-0.4, -0.2) is 11.4 Å². The topological polar surface area (TPSA) is 24.7 Å². The molecule has 0 spiro atoms. The van der Waals surface area contributed by atoms with E-state index >= 15 is 0 Å². The molecule has 458 valence electrons. The van der Waals surface area contributed by atoms with Gasteiger partial charge in [0.15, 0.2) is 0 Å². The van der Waals surface area contributed by atoms with Gasteiger partial charge in [-0.05, 0) is 80.3 Å². The Morgan fingerprint density at radius 1 is 0.275 bits per heavy atom. The van der Waals surface area contributed by atoms with Gasteiger partial charge < -0.3 is 0 Å². The standard InChI is InChI=1S/C78H136N2/c1-5-9-12-15-17-19-21-23-25-27-29-31-33-35-37-39-41-43-45-47-49-51-53-55-57-59-64-73-66-62-68-75(71-73)79-77(8-4)78(70-61-14-11-7-3)80-76-69-63-67-74(72-76)65-60-58-56-54-52-50-48-46-44-42-40-38-36-34-32-30-28-26-24-22-20-18-16-13-10-6-2/h59-60,62-69,71-72H,5-58,61,70H2,1-4H3. The summed E-state index contributed by atoms with van der Waals surface area (Å²) in [5.74, 6) is 0. The summed E-state index contributed by atoms with van der Waals surface area (Å²) in [5.41, 5.74) is 6.86. The molecule has 0 aliphatic heterocycles. The number of benzene rings is 2. The molecule has 0 atom stereocenters. The Kier molecular flexibility index (Phi) is 54.5. The Hall–Kier alpha value is -2.74. The normalized spacial score (nSPS) is 12.3. The van der Waals surface area contributed by atoms with Crippen molar-refractivity contribution in [3.8, 4) is 0 Å². The summed E-state index contributed by atoms with van der Waals surface area (Å²) in [6, 6.07) is 17.7. The van der Waals surface area contributed by atoms with E-state index in [2.05, 4.69) is 101 Å². The van der Waals surface area contributed by atoms with Crippen molar-refractivity contribution in [3.63, 3.8) is 0 Å². The molecule has 2 aromatic rings. The molecule has 0 aromatic heterocycles. The molecule has 2 rings (SSSR count). The van der Waals surface area contributed by atoms with Crippen LogP contribution in [0.3, 0.4) is 0 Å². The Balaban J connectivity index is 1.58.